The van der Waals surface area contributed by atoms with E-state index in [0.29, 0.717) is 47.3 Å². The first-order valence-corrected chi connectivity index (χ1v) is 40.7. The van der Waals surface area contributed by atoms with Gasteiger partial charge in [0.15, 0.2) is 0 Å². The van der Waals surface area contributed by atoms with E-state index in [2.05, 4.69) is 114 Å². The minimum atomic E-state index is -0.194. The fraction of sp³-hybridized carbons (Fsp3) is 0.319. The van der Waals surface area contributed by atoms with Crippen molar-refractivity contribution in [3.05, 3.63) is 285 Å². The van der Waals surface area contributed by atoms with Gasteiger partial charge in [-0.2, -0.15) is 0 Å². The Morgan fingerprint density at radius 1 is 0.277 bits per heavy atom. The molecule has 0 bridgehead atoms. The zero-order valence-corrected chi connectivity index (χ0v) is 64.6. The van der Waals surface area contributed by atoms with Crippen LogP contribution < -0.4 is 0 Å². The van der Waals surface area contributed by atoms with Crippen LogP contribution in [0.1, 0.15) is 183 Å². The summed E-state index contributed by atoms with van der Waals surface area (Å²) in [5.41, 5.74) is 19.3. The maximum atomic E-state index is 13.8. The highest BCUT2D eigenvalue weighted by atomic mass is 35.5. The summed E-state index contributed by atoms with van der Waals surface area (Å²) in [6.45, 7) is 4.21. The van der Waals surface area contributed by atoms with Gasteiger partial charge < -0.3 is 19.9 Å². The number of halogens is 6. The van der Waals surface area contributed by atoms with Crippen molar-refractivity contribution in [1.29, 1.82) is 0 Å². The molecule has 0 atom stereocenters. The molecule has 8 heterocycles. The van der Waals surface area contributed by atoms with E-state index in [9.17, 15) is 17.6 Å². The smallest absolute Gasteiger partial charge is 0.123 e. The number of nitrogens with one attached hydrogen (secondary N) is 4. The summed E-state index contributed by atoms with van der Waals surface area (Å²) in [4.78, 5) is 50.3. The fourth-order valence-electron chi connectivity index (χ4n) is 18.6. The number of H-pyrrole nitrogens is 4. The van der Waals surface area contributed by atoms with E-state index >= 15 is 0 Å². The zero-order chi connectivity index (χ0) is 76.3. The molecule has 12 nitrogen and oxygen atoms in total. The lowest BCUT2D eigenvalue weighted by molar-refractivity contribution is 0.322. The van der Waals surface area contributed by atoms with E-state index < -0.39 is 0 Å². The number of pyridine rings is 4. The number of hydrogen-bond acceptors (Lipinski definition) is 8. The van der Waals surface area contributed by atoms with Crippen LogP contribution in [0.5, 0.6) is 0 Å². The van der Waals surface area contributed by atoms with E-state index in [1.807, 2.05) is 61.2 Å². The van der Waals surface area contributed by atoms with Gasteiger partial charge in [0.2, 0.25) is 0 Å². The van der Waals surface area contributed by atoms with Gasteiger partial charge in [-0.25, -0.2) is 37.5 Å². The standard InChI is InChI=1S/2C24H24FN3.2C23H21ClFN3/c2*1-15-2-8-22-23(12-15)28-24(27-22)13-16-3-5-17(6-4-16)19-10-11-26-21-9-7-18(25)14-20(19)21;2*24-16-5-7-21-22(12-16)28-23(27-21)11-14-1-3-15(4-2-14)18-9-10-26-20-8-6-17(25)13-19(18)20/h2*2,7-12,14,16-17H,3-6,13H2,1H3,(H,27,28);2*5-10,12-15H,1-4,11H2,(H,27,28). The van der Waals surface area contributed by atoms with Crippen LogP contribution in [0.25, 0.3) is 87.7 Å². The molecule has 8 aromatic carbocycles. The van der Waals surface area contributed by atoms with Gasteiger partial charge in [0.1, 0.15) is 46.6 Å². The van der Waals surface area contributed by atoms with Gasteiger partial charge in [0, 0.05) is 82.1 Å². The Morgan fingerprint density at radius 2 is 0.509 bits per heavy atom. The minimum Gasteiger partial charge on any atom is -0.342 e. The van der Waals surface area contributed by atoms with E-state index in [4.69, 9.17) is 43.1 Å². The topological polar surface area (TPSA) is 166 Å². The number of nitrogens with zero attached hydrogens (tertiary/aromatic N) is 8. The number of rotatable bonds is 12. The van der Waals surface area contributed by atoms with Crippen molar-refractivity contribution in [1.82, 2.24) is 59.8 Å². The highest BCUT2D eigenvalue weighted by Gasteiger charge is 2.30. The van der Waals surface area contributed by atoms with Gasteiger partial charge >= 0.3 is 0 Å². The van der Waals surface area contributed by atoms with Crippen LogP contribution in [-0.4, -0.2) is 59.8 Å². The van der Waals surface area contributed by atoms with Crippen LogP contribution in [0.4, 0.5) is 17.6 Å². The molecule has 0 amide bonds. The van der Waals surface area contributed by atoms with Gasteiger partial charge in [-0.05, 0) is 355 Å². The Kier molecular flexibility index (Phi) is 22.0. The third-order valence-corrected chi connectivity index (χ3v) is 24.9. The monoisotopic (exact) mass is 1530 g/mol. The molecule has 0 aliphatic heterocycles. The molecule has 112 heavy (non-hydrogen) atoms. The molecular weight excluding hydrogens is 1440 g/mol. The lowest BCUT2D eigenvalue weighted by atomic mass is 9.77. The van der Waals surface area contributed by atoms with Crippen LogP contribution >= 0.6 is 23.2 Å². The number of benzene rings is 8. The number of aromatic nitrogens is 12. The summed E-state index contributed by atoms with van der Waals surface area (Å²) in [5, 5.41) is 5.31. The maximum Gasteiger partial charge on any atom is 0.123 e. The number of aromatic amines is 4. The molecule has 4 saturated carbocycles. The molecule has 16 aromatic rings. The number of hydrogen-bond donors (Lipinski definition) is 4. The number of fused-ring (bicyclic) bond motifs is 8. The zero-order valence-electron chi connectivity index (χ0n) is 63.1. The van der Waals surface area contributed by atoms with Crippen molar-refractivity contribution in [2.45, 2.75) is 166 Å². The largest absolute Gasteiger partial charge is 0.342 e. The molecule has 4 aliphatic carbocycles. The summed E-state index contributed by atoms with van der Waals surface area (Å²) in [6.07, 6.45) is 29.7. The molecule has 0 spiro atoms. The molecule has 0 radical (unpaired) electrons. The first kappa shape index (κ1) is 74.3. The maximum absolute atomic E-state index is 13.8. The van der Waals surface area contributed by atoms with Crippen molar-refractivity contribution in [3.63, 3.8) is 0 Å². The summed E-state index contributed by atoms with van der Waals surface area (Å²) in [6, 6.07) is 52.1. The molecule has 18 heteroatoms. The summed E-state index contributed by atoms with van der Waals surface area (Å²) < 4.78 is 55.0. The van der Waals surface area contributed by atoms with Crippen molar-refractivity contribution >= 4 is 111 Å². The predicted molar refractivity (Wildman–Crippen MR) is 444 cm³/mol. The van der Waals surface area contributed by atoms with Gasteiger partial charge in [-0.15, -0.1) is 0 Å². The Morgan fingerprint density at radius 3 is 0.768 bits per heavy atom. The van der Waals surface area contributed by atoms with E-state index in [0.717, 1.165) is 224 Å². The van der Waals surface area contributed by atoms with Gasteiger partial charge in [0.05, 0.1) is 66.2 Å². The Hall–Kier alpha value is -10.4. The third-order valence-electron chi connectivity index (χ3n) is 24.4. The second-order valence-corrected chi connectivity index (χ2v) is 32.9. The van der Waals surface area contributed by atoms with Gasteiger partial charge in [-0.1, -0.05) is 35.3 Å². The minimum absolute atomic E-state index is 0.185. The molecule has 20 rings (SSSR count). The van der Waals surface area contributed by atoms with E-state index in [1.165, 1.54) is 83.3 Å². The average Bonchev–Trinajstić information content (AvgIpc) is 1.21. The molecule has 568 valence electrons. The highest BCUT2D eigenvalue weighted by Crippen LogP contribution is 2.44. The Labute approximate surface area is 658 Å². The van der Waals surface area contributed by atoms with Crippen LogP contribution in [0.15, 0.2) is 195 Å². The number of aryl methyl sites for hydroxylation is 2. The predicted octanol–water partition coefficient (Wildman–Crippen LogP) is 25.0. The van der Waals surface area contributed by atoms with Crippen LogP contribution in [-0.2, 0) is 25.7 Å². The Bertz CT molecular complexity index is 5300. The molecule has 4 aliphatic rings. The molecule has 8 aromatic heterocycles. The van der Waals surface area contributed by atoms with Gasteiger partial charge in [-0.3, -0.25) is 19.9 Å². The SMILES string of the molecule is Cc1ccc2nc(CC3CCC(c4ccnc5ccc(F)cc45)CC3)[nH]c2c1.Cc1ccc2nc(CC3CCC(c4ccnc5ccc(F)cc45)CC3)[nH]c2c1.Fc1ccc2nccc(C3CCC(Cc4nc5ccc(Cl)cc5[nH]4)CC3)c2c1.Fc1ccc2nccc(C3CCC(Cc4nc5ccc(Cl)cc5[nH]4)CC3)c2c1. The number of imidazole rings is 4. The normalized spacial score (nSPS) is 20.1. The lowest BCUT2D eigenvalue weighted by Crippen LogP contribution is -2.16. The van der Waals surface area contributed by atoms with Gasteiger partial charge in [0.25, 0.3) is 0 Å². The first-order chi connectivity index (χ1) is 54.6. The van der Waals surface area contributed by atoms with Crippen LogP contribution in [0.2, 0.25) is 10.0 Å². The first-order valence-electron chi connectivity index (χ1n) is 40.0. The Balaban J connectivity index is 0.000000108. The van der Waals surface area contributed by atoms with Crippen molar-refractivity contribution in [3.8, 4) is 0 Å². The fourth-order valence-corrected chi connectivity index (χ4v) is 18.9. The van der Waals surface area contributed by atoms with Crippen molar-refractivity contribution in [2.24, 2.45) is 23.7 Å². The summed E-state index contributed by atoms with van der Waals surface area (Å²) in [5.74, 6) is 7.99. The second-order valence-electron chi connectivity index (χ2n) is 32.0. The lowest BCUT2D eigenvalue weighted by Gasteiger charge is -2.29. The molecular formula is C94H90Cl2F4N12. The van der Waals surface area contributed by atoms with Crippen LogP contribution in [0, 0.1) is 60.8 Å². The summed E-state index contributed by atoms with van der Waals surface area (Å²) in [7, 11) is 0. The van der Waals surface area contributed by atoms with Crippen LogP contribution in [0.3, 0.4) is 0 Å². The van der Waals surface area contributed by atoms with E-state index in [-0.39, 0.29) is 23.3 Å². The molecule has 4 fully saturated rings. The summed E-state index contributed by atoms with van der Waals surface area (Å²) >= 11 is 12.1. The molecule has 0 unspecified atom stereocenters. The van der Waals surface area contributed by atoms with E-state index in [1.54, 1.807) is 48.5 Å². The third kappa shape index (κ3) is 17.1. The van der Waals surface area contributed by atoms with Crippen molar-refractivity contribution < 1.29 is 17.6 Å². The highest BCUT2D eigenvalue weighted by molar-refractivity contribution is 6.31. The van der Waals surface area contributed by atoms with Crippen molar-refractivity contribution in [2.75, 3.05) is 0 Å². The quantitative estimate of drug-likeness (QED) is 0.0878. The molecule has 4 N–H and O–H groups in total. The average molecular weight is 1530 g/mol. The molecule has 0 saturated heterocycles. The second kappa shape index (κ2) is 33.1.